The maximum absolute atomic E-state index is 13.7. The maximum Gasteiger partial charge on any atom is 0.435 e. The second-order valence-corrected chi connectivity index (χ2v) is 7.60. The van der Waals surface area contributed by atoms with Gasteiger partial charge in [0.05, 0.1) is 28.3 Å². The van der Waals surface area contributed by atoms with Gasteiger partial charge in [0.1, 0.15) is 0 Å². The molecule has 0 aliphatic carbocycles. The average Bonchev–Trinajstić information content (AvgIpc) is 3.20. The molecule has 1 aromatic carbocycles. The molecule has 2 heterocycles. The van der Waals surface area contributed by atoms with E-state index in [1.807, 2.05) is 50.5 Å². The summed E-state index contributed by atoms with van der Waals surface area (Å²) in [5.41, 5.74) is 4.19. The highest BCUT2D eigenvalue weighted by molar-refractivity contribution is 6.17. The van der Waals surface area contributed by atoms with Crippen LogP contribution in [0.25, 0.3) is 22.5 Å². The lowest BCUT2D eigenvalue weighted by Gasteiger charge is -2.17. The van der Waals surface area contributed by atoms with Gasteiger partial charge in [0.25, 0.3) is 0 Å². The number of para-hydroxylation sites is 2. The second-order valence-electron chi connectivity index (χ2n) is 7.33. The van der Waals surface area contributed by atoms with E-state index >= 15 is 0 Å². The van der Waals surface area contributed by atoms with Crippen molar-refractivity contribution >= 4 is 34.1 Å². The predicted octanol–water partition coefficient (Wildman–Crippen LogP) is 7.60. The Kier molecular flexibility index (Phi) is 6.18. The zero-order chi connectivity index (χ0) is 22.2. The smallest absolute Gasteiger partial charge is 0.279 e. The van der Waals surface area contributed by atoms with Crippen molar-refractivity contribution in [2.45, 2.75) is 52.6 Å². The Morgan fingerprint density at radius 3 is 2.23 bits per heavy atom. The van der Waals surface area contributed by atoms with Crippen LogP contribution in [-0.2, 0) is 12.1 Å². The first-order valence-electron chi connectivity index (χ1n) is 9.86. The number of fused-ring (bicyclic) bond motifs is 3. The Bertz CT molecular complexity index is 1170. The van der Waals surface area contributed by atoms with Gasteiger partial charge in [-0.15, -0.1) is 11.6 Å². The number of rotatable bonds is 6. The minimum Gasteiger partial charge on any atom is -0.279 e. The van der Waals surface area contributed by atoms with Crippen molar-refractivity contribution in [3.05, 3.63) is 65.0 Å². The van der Waals surface area contributed by atoms with Crippen LogP contribution in [0.3, 0.4) is 0 Å². The fourth-order valence-electron chi connectivity index (χ4n) is 4.00. The molecule has 0 aliphatic heterocycles. The van der Waals surface area contributed by atoms with Crippen LogP contribution < -0.4 is 0 Å². The van der Waals surface area contributed by atoms with E-state index in [0.717, 1.165) is 40.8 Å². The van der Waals surface area contributed by atoms with Crippen LogP contribution in [0.5, 0.6) is 0 Å². The van der Waals surface area contributed by atoms with Crippen LogP contribution >= 0.6 is 11.6 Å². The van der Waals surface area contributed by atoms with Gasteiger partial charge in [0.15, 0.2) is 5.69 Å². The van der Waals surface area contributed by atoms with Gasteiger partial charge >= 0.3 is 6.18 Å². The van der Waals surface area contributed by atoms with Gasteiger partial charge in [-0.2, -0.15) is 13.2 Å². The number of allylic oxidation sites excluding steroid dienone is 5. The van der Waals surface area contributed by atoms with Gasteiger partial charge in [-0.1, -0.05) is 44.2 Å². The molecule has 30 heavy (non-hydrogen) atoms. The summed E-state index contributed by atoms with van der Waals surface area (Å²) in [6, 6.07) is 7.37. The number of alkyl halides is 4. The Balaban J connectivity index is 2.57. The van der Waals surface area contributed by atoms with Gasteiger partial charge in [0.2, 0.25) is 5.78 Å². The third-order valence-electron chi connectivity index (χ3n) is 5.16. The standard InChI is InChI=1S/C23H25ClF3N3/c1-6-16(7-2)20(15(5)12-14(3)4)30-18-11-9-8-10-17(18)29-19(13-24)21(23(25,26)27)28-22(29)30/h8-12H,3,6-7,13H2,1-2,4-5H3/b15-12-. The fourth-order valence-corrected chi connectivity index (χ4v) is 4.25. The molecule has 0 amide bonds. The molecule has 3 aromatic rings. The molecule has 7 heteroatoms. The first-order chi connectivity index (χ1) is 14.1. The van der Waals surface area contributed by atoms with Gasteiger partial charge in [-0.25, -0.2) is 4.98 Å². The molecule has 0 N–H and O–H groups in total. The molecule has 3 nitrogen and oxygen atoms in total. The van der Waals surface area contributed by atoms with Crippen molar-refractivity contribution in [2.24, 2.45) is 0 Å². The zero-order valence-electron chi connectivity index (χ0n) is 17.6. The van der Waals surface area contributed by atoms with Gasteiger partial charge in [0, 0.05) is 0 Å². The summed E-state index contributed by atoms with van der Waals surface area (Å²) in [6.45, 7) is 11.9. The average molecular weight is 436 g/mol. The van der Waals surface area contributed by atoms with Crippen LogP contribution in [0.15, 0.2) is 53.6 Å². The number of aromatic nitrogens is 3. The van der Waals surface area contributed by atoms with Crippen LogP contribution in [0, 0.1) is 0 Å². The third-order valence-corrected chi connectivity index (χ3v) is 5.42. The zero-order valence-corrected chi connectivity index (χ0v) is 18.3. The van der Waals surface area contributed by atoms with E-state index in [1.165, 1.54) is 4.40 Å². The van der Waals surface area contributed by atoms with Crippen molar-refractivity contribution in [3.63, 3.8) is 0 Å². The summed E-state index contributed by atoms with van der Waals surface area (Å²) in [5.74, 6) is -0.0824. The van der Waals surface area contributed by atoms with Crippen molar-refractivity contribution in [2.75, 3.05) is 0 Å². The Hall–Kier alpha value is -2.47. The highest BCUT2D eigenvalue weighted by atomic mass is 35.5. The van der Waals surface area contributed by atoms with Crippen molar-refractivity contribution in [1.82, 2.24) is 14.0 Å². The Morgan fingerprint density at radius 1 is 1.13 bits per heavy atom. The summed E-state index contributed by atoms with van der Waals surface area (Å²) in [5, 5.41) is 0. The van der Waals surface area contributed by atoms with Crippen molar-refractivity contribution in [1.29, 1.82) is 0 Å². The molecule has 0 spiro atoms. The largest absolute Gasteiger partial charge is 0.435 e. The molecule has 0 aliphatic rings. The molecule has 0 fully saturated rings. The Labute approximate surface area is 179 Å². The van der Waals surface area contributed by atoms with Gasteiger partial charge in [-0.3, -0.25) is 8.97 Å². The van der Waals surface area contributed by atoms with Crippen LogP contribution in [0.2, 0.25) is 0 Å². The first kappa shape index (κ1) is 22.2. The van der Waals surface area contributed by atoms with E-state index in [-0.39, 0.29) is 17.4 Å². The molecule has 0 bridgehead atoms. The molecule has 3 rings (SSSR count). The van der Waals surface area contributed by atoms with Crippen LogP contribution in [0.1, 0.15) is 51.9 Å². The number of halogens is 4. The van der Waals surface area contributed by atoms with Gasteiger partial charge < -0.3 is 0 Å². The highest BCUT2D eigenvalue weighted by Gasteiger charge is 2.39. The van der Waals surface area contributed by atoms with E-state index in [0.29, 0.717) is 5.52 Å². The number of imidazole rings is 2. The molecule has 2 aromatic heterocycles. The maximum atomic E-state index is 13.7. The summed E-state index contributed by atoms with van der Waals surface area (Å²) in [6.07, 6.45) is -1.11. The quantitative estimate of drug-likeness (QED) is 0.288. The van der Waals surface area contributed by atoms with E-state index in [1.54, 1.807) is 12.1 Å². The normalized spacial score (nSPS) is 12.7. The molecule has 0 radical (unpaired) electrons. The summed E-state index contributed by atoms with van der Waals surface area (Å²) < 4.78 is 44.5. The van der Waals surface area contributed by atoms with Gasteiger partial charge in [-0.05, 0) is 50.0 Å². The number of hydrogen-bond donors (Lipinski definition) is 0. The molecular weight excluding hydrogens is 411 g/mol. The summed E-state index contributed by atoms with van der Waals surface area (Å²) in [7, 11) is 0. The molecule has 160 valence electrons. The summed E-state index contributed by atoms with van der Waals surface area (Å²) >= 11 is 5.99. The minimum absolute atomic E-state index is 0.0513. The fraction of sp³-hybridized carbons (Fsp3) is 0.348. The van der Waals surface area contributed by atoms with E-state index in [2.05, 4.69) is 11.6 Å². The monoisotopic (exact) mass is 435 g/mol. The lowest BCUT2D eigenvalue weighted by molar-refractivity contribution is -0.141. The van der Waals surface area contributed by atoms with Crippen molar-refractivity contribution < 1.29 is 13.2 Å². The summed E-state index contributed by atoms with van der Waals surface area (Å²) in [4.78, 5) is 4.06. The second kappa shape index (κ2) is 8.34. The predicted molar refractivity (Wildman–Crippen MR) is 118 cm³/mol. The molecular formula is C23H25ClF3N3. The number of hydrogen-bond acceptors (Lipinski definition) is 1. The topological polar surface area (TPSA) is 22.2 Å². The van der Waals surface area contributed by atoms with Crippen LogP contribution in [0.4, 0.5) is 13.2 Å². The van der Waals surface area contributed by atoms with Crippen LogP contribution in [-0.4, -0.2) is 14.0 Å². The van der Waals surface area contributed by atoms with Crippen molar-refractivity contribution in [3.8, 4) is 0 Å². The molecule has 0 atom stereocenters. The third kappa shape index (κ3) is 3.69. The number of nitrogens with zero attached hydrogens (tertiary/aromatic N) is 3. The lowest BCUT2D eigenvalue weighted by atomic mass is 10.0. The Morgan fingerprint density at radius 2 is 1.73 bits per heavy atom. The molecule has 0 saturated carbocycles. The highest BCUT2D eigenvalue weighted by Crippen LogP contribution is 2.38. The SMILES string of the molecule is C=C(C)/C=C(/C)C(=C(CC)CC)n1c2ccccc2n2c(CCl)c(C(F)(F)F)nc12. The van der Waals surface area contributed by atoms with E-state index < -0.39 is 11.9 Å². The first-order valence-corrected chi connectivity index (χ1v) is 10.4. The van der Waals surface area contributed by atoms with E-state index in [4.69, 9.17) is 11.6 Å². The lowest BCUT2D eigenvalue weighted by Crippen LogP contribution is -2.09. The molecule has 0 saturated heterocycles. The van der Waals surface area contributed by atoms with E-state index in [9.17, 15) is 13.2 Å². The number of benzene rings is 1. The minimum atomic E-state index is -4.59. The molecule has 0 unspecified atom stereocenters.